The summed E-state index contributed by atoms with van der Waals surface area (Å²) in [5.74, 6) is 3.08. The maximum atomic E-state index is 5.14. The van der Waals surface area contributed by atoms with Crippen LogP contribution in [0.4, 0.5) is 11.8 Å². The molecular weight excluding hydrogens is 268 g/mol. The van der Waals surface area contributed by atoms with E-state index in [1.165, 1.54) is 0 Å². The molecule has 0 unspecified atom stereocenters. The number of anilines is 2. The van der Waals surface area contributed by atoms with E-state index in [9.17, 15) is 0 Å². The Kier molecular flexibility index (Phi) is 3.81. The van der Waals surface area contributed by atoms with E-state index in [1.807, 2.05) is 13.0 Å². The van der Waals surface area contributed by atoms with E-state index in [0.29, 0.717) is 11.8 Å². The Hall–Kier alpha value is -2.44. The molecule has 7 nitrogen and oxygen atoms in total. The highest BCUT2D eigenvalue weighted by Crippen LogP contribution is 2.17. The highest BCUT2D eigenvalue weighted by atomic mass is 16.5. The largest absolute Gasteiger partial charge is 0.481 e. The van der Waals surface area contributed by atoms with Crippen molar-refractivity contribution >= 4 is 11.8 Å². The summed E-state index contributed by atoms with van der Waals surface area (Å²) >= 11 is 0. The van der Waals surface area contributed by atoms with Crippen LogP contribution in [0.5, 0.6) is 5.88 Å². The molecule has 0 bridgehead atoms. The second kappa shape index (κ2) is 5.90. The van der Waals surface area contributed by atoms with Crippen molar-refractivity contribution in [1.29, 1.82) is 0 Å². The van der Waals surface area contributed by atoms with Crippen LogP contribution in [0.15, 0.2) is 24.5 Å². The van der Waals surface area contributed by atoms with Gasteiger partial charge in [-0.25, -0.2) is 15.0 Å². The van der Waals surface area contributed by atoms with Crippen LogP contribution in [0.1, 0.15) is 5.82 Å². The third kappa shape index (κ3) is 3.01. The summed E-state index contributed by atoms with van der Waals surface area (Å²) < 4.78 is 5.14. The van der Waals surface area contributed by atoms with Gasteiger partial charge in [-0.2, -0.15) is 4.98 Å². The average Bonchev–Trinajstić information content (AvgIpc) is 2.55. The monoisotopic (exact) mass is 286 g/mol. The Bertz CT molecular complexity index is 612. The number of hydrogen-bond donors (Lipinski definition) is 0. The number of nitrogens with zero attached hydrogens (tertiary/aromatic N) is 6. The normalized spacial score (nSPS) is 15.1. The molecule has 2 aromatic rings. The van der Waals surface area contributed by atoms with E-state index in [1.54, 1.807) is 25.6 Å². The first-order valence-electron chi connectivity index (χ1n) is 6.93. The van der Waals surface area contributed by atoms with E-state index < -0.39 is 0 Å². The van der Waals surface area contributed by atoms with Crippen LogP contribution in [0.25, 0.3) is 0 Å². The van der Waals surface area contributed by atoms with Gasteiger partial charge in [0.25, 0.3) is 0 Å². The fourth-order valence-corrected chi connectivity index (χ4v) is 2.35. The summed E-state index contributed by atoms with van der Waals surface area (Å²) in [7, 11) is 1.61. The molecule has 2 aromatic heterocycles. The first-order chi connectivity index (χ1) is 10.3. The molecule has 0 radical (unpaired) electrons. The summed E-state index contributed by atoms with van der Waals surface area (Å²) in [4.78, 5) is 21.7. The lowest BCUT2D eigenvalue weighted by Crippen LogP contribution is -2.47. The Labute approximate surface area is 123 Å². The van der Waals surface area contributed by atoms with Gasteiger partial charge in [0, 0.05) is 44.6 Å². The molecule has 1 aliphatic heterocycles. The lowest BCUT2D eigenvalue weighted by Gasteiger charge is -2.35. The van der Waals surface area contributed by atoms with Crippen LogP contribution in [0.2, 0.25) is 0 Å². The van der Waals surface area contributed by atoms with Crippen LogP contribution in [0, 0.1) is 6.92 Å². The minimum Gasteiger partial charge on any atom is -0.481 e. The molecule has 1 aliphatic rings. The number of methoxy groups -OCH3 is 1. The Morgan fingerprint density at radius 3 is 2.38 bits per heavy atom. The molecule has 0 aliphatic carbocycles. The Morgan fingerprint density at radius 2 is 1.67 bits per heavy atom. The zero-order valence-electron chi connectivity index (χ0n) is 12.2. The predicted octanol–water partition coefficient (Wildman–Crippen LogP) is 0.910. The van der Waals surface area contributed by atoms with Gasteiger partial charge >= 0.3 is 0 Å². The number of hydrogen-bond acceptors (Lipinski definition) is 7. The van der Waals surface area contributed by atoms with E-state index in [-0.39, 0.29) is 0 Å². The first-order valence-corrected chi connectivity index (χ1v) is 6.93. The lowest BCUT2D eigenvalue weighted by molar-refractivity contribution is 0.396. The number of ether oxygens (including phenoxy) is 1. The SMILES string of the molecule is COc1ccnc(N2CCN(c3ccnc(C)n3)CC2)n1. The van der Waals surface area contributed by atoms with E-state index in [2.05, 4.69) is 29.7 Å². The maximum Gasteiger partial charge on any atom is 0.228 e. The van der Waals surface area contributed by atoms with Gasteiger partial charge in [0.1, 0.15) is 11.6 Å². The molecule has 0 N–H and O–H groups in total. The van der Waals surface area contributed by atoms with Gasteiger partial charge in [0.2, 0.25) is 11.8 Å². The Morgan fingerprint density at radius 1 is 0.952 bits per heavy atom. The van der Waals surface area contributed by atoms with Gasteiger partial charge in [0.05, 0.1) is 7.11 Å². The number of piperazine rings is 1. The topological polar surface area (TPSA) is 67.3 Å². The Balaban J connectivity index is 1.67. The zero-order chi connectivity index (χ0) is 14.7. The molecule has 1 fully saturated rings. The highest BCUT2D eigenvalue weighted by Gasteiger charge is 2.20. The van der Waals surface area contributed by atoms with Crippen molar-refractivity contribution in [2.75, 3.05) is 43.1 Å². The minimum atomic E-state index is 0.592. The van der Waals surface area contributed by atoms with Crippen molar-refractivity contribution in [3.63, 3.8) is 0 Å². The quantitative estimate of drug-likeness (QED) is 0.830. The van der Waals surface area contributed by atoms with Crippen molar-refractivity contribution in [2.24, 2.45) is 0 Å². The molecule has 1 saturated heterocycles. The van der Waals surface area contributed by atoms with Crippen LogP contribution in [-0.4, -0.2) is 53.2 Å². The molecule has 3 heterocycles. The molecule has 0 amide bonds. The van der Waals surface area contributed by atoms with Crippen LogP contribution >= 0.6 is 0 Å². The summed E-state index contributed by atoms with van der Waals surface area (Å²) in [6.07, 6.45) is 3.52. The molecule has 0 atom stereocenters. The molecule has 0 saturated carbocycles. The number of aromatic nitrogens is 4. The van der Waals surface area contributed by atoms with E-state index in [0.717, 1.165) is 37.8 Å². The zero-order valence-corrected chi connectivity index (χ0v) is 12.2. The van der Waals surface area contributed by atoms with Crippen LogP contribution < -0.4 is 14.5 Å². The standard InChI is InChI=1S/C14H18N6O/c1-11-15-5-3-12(17-11)19-7-9-20(10-8-19)14-16-6-4-13(18-14)21-2/h3-6H,7-10H2,1-2H3. The van der Waals surface area contributed by atoms with Gasteiger partial charge in [-0.1, -0.05) is 0 Å². The third-order valence-electron chi connectivity index (χ3n) is 3.47. The molecule has 0 spiro atoms. The molecule has 7 heteroatoms. The van der Waals surface area contributed by atoms with Gasteiger partial charge in [0.15, 0.2) is 0 Å². The van der Waals surface area contributed by atoms with Crippen molar-refractivity contribution in [3.05, 3.63) is 30.4 Å². The lowest BCUT2D eigenvalue weighted by atomic mass is 10.3. The van der Waals surface area contributed by atoms with Gasteiger partial charge < -0.3 is 14.5 Å². The second-order valence-electron chi connectivity index (χ2n) is 4.84. The summed E-state index contributed by atoms with van der Waals surface area (Å²) in [5, 5.41) is 0. The third-order valence-corrected chi connectivity index (χ3v) is 3.47. The fourth-order valence-electron chi connectivity index (χ4n) is 2.35. The van der Waals surface area contributed by atoms with E-state index >= 15 is 0 Å². The van der Waals surface area contributed by atoms with E-state index in [4.69, 9.17) is 4.74 Å². The summed E-state index contributed by atoms with van der Waals surface area (Å²) in [6, 6.07) is 3.70. The van der Waals surface area contributed by atoms with Crippen molar-refractivity contribution in [2.45, 2.75) is 6.92 Å². The molecule has 0 aromatic carbocycles. The smallest absolute Gasteiger partial charge is 0.228 e. The first kappa shape index (κ1) is 13.5. The van der Waals surface area contributed by atoms with Gasteiger partial charge in [-0.05, 0) is 13.0 Å². The molecular formula is C14H18N6O. The van der Waals surface area contributed by atoms with Crippen molar-refractivity contribution < 1.29 is 4.74 Å². The number of rotatable bonds is 3. The van der Waals surface area contributed by atoms with Crippen LogP contribution in [-0.2, 0) is 0 Å². The van der Waals surface area contributed by atoms with Crippen molar-refractivity contribution in [3.8, 4) is 5.88 Å². The van der Waals surface area contributed by atoms with Gasteiger partial charge in [-0.3, -0.25) is 0 Å². The maximum absolute atomic E-state index is 5.14. The predicted molar refractivity (Wildman–Crippen MR) is 79.8 cm³/mol. The fraction of sp³-hybridized carbons (Fsp3) is 0.429. The average molecular weight is 286 g/mol. The summed E-state index contributed by atoms with van der Waals surface area (Å²) in [5.41, 5.74) is 0. The van der Waals surface area contributed by atoms with Gasteiger partial charge in [-0.15, -0.1) is 0 Å². The van der Waals surface area contributed by atoms with Crippen molar-refractivity contribution in [1.82, 2.24) is 19.9 Å². The molecule has 110 valence electrons. The van der Waals surface area contributed by atoms with Crippen LogP contribution in [0.3, 0.4) is 0 Å². The minimum absolute atomic E-state index is 0.592. The molecule has 21 heavy (non-hydrogen) atoms. The highest BCUT2D eigenvalue weighted by molar-refractivity contribution is 5.42. The number of aryl methyl sites for hydroxylation is 1. The summed E-state index contributed by atoms with van der Waals surface area (Å²) in [6.45, 7) is 5.39. The second-order valence-corrected chi connectivity index (χ2v) is 4.84. The molecule has 3 rings (SSSR count).